The van der Waals surface area contributed by atoms with E-state index in [2.05, 4.69) is 0 Å². The van der Waals surface area contributed by atoms with Crippen LogP contribution in [0.3, 0.4) is 0 Å². The molecule has 1 amide bonds. The van der Waals surface area contributed by atoms with E-state index in [4.69, 9.17) is 10.5 Å². The van der Waals surface area contributed by atoms with Crippen LogP contribution < -0.4 is 5.73 Å². The lowest BCUT2D eigenvalue weighted by molar-refractivity contribution is -0.136. The van der Waals surface area contributed by atoms with Crippen molar-refractivity contribution in [3.8, 4) is 0 Å². The molecule has 1 aliphatic rings. The number of benzene rings is 1. The lowest BCUT2D eigenvalue weighted by Gasteiger charge is -2.31. The van der Waals surface area contributed by atoms with E-state index in [0.717, 1.165) is 6.07 Å². The Bertz CT molecular complexity index is 525. The number of nitrogen functional groups attached to an aromatic ring is 1. The molecule has 1 heterocycles. The summed E-state index contributed by atoms with van der Waals surface area (Å²) in [6, 6.07) is 3.35. The Labute approximate surface area is 120 Å². The smallest absolute Gasteiger partial charge is 0.398 e. The topological polar surface area (TPSA) is 55.6 Å². The highest BCUT2D eigenvalue weighted by Gasteiger charge is 2.35. The van der Waals surface area contributed by atoms with Gasteiger partial charge in [-0.1, -0.05) is 6.07 Å². The third-order valence-electron chi connectivity index (χ3n) is 3.70. The van der Waals surface area contributed by atoms with Crippen molar-refractivity contribution in [1.82, 2.24) is 4.90 Å². The number of para-hydroxylation sites is 1. The summed E-state index contributed by atoms with van der Waals surface area (Å²) in [5, 5.41) is 0. The average molecular weight is 302 g/mol. The van der Waals surface area contributed by atoms with Crippen LogP contribution in [0.5, 0.6) is 0 Å². The number of hydrogen-bond acceptors (Lipinski definition) is 3. The first-order chi connectivity index (χ1) is 9.82. The molecule has 1 aliphatic heterocycles. The second kappa shape index (κ2) is 5.93. The van der Waals surface area contributed by atoms with E-state index in [0.29, 0.717) is 26.1 Å². The average Bonchev–Trinajstić information content (AvgIpc) is 2.45. The molecule has 0 aromatic heterocycles. The number of ether oxygens (including phenoxy) is 1. The quantitative estimate of drug-likeness (QED) is 0.854. The van der Waals surface area contributed by atoms with Crippen molar-refractivity contribution in [2.45, 2.75) is 25.1 Å². The summed E-state index contributed by atoms with van der Waals surface area (Å²) in [7, 11) is 1.58. The standard InChI is InChI=1S/C14H17F3N2O2/c1-19(9-5-7-21-8-6-9)13(20)10-3-2-4-11(12(10)18)14(15,16)17/h2-4,9H,5-8,18H2,1H3. The molecule has 1 aromatic rings. The first-order valence-corrected chi connectivity index (χ1v) is 6.63. The van der Waals surface area contributed by atoms with Gasteiger partial charge in [0.05, 0.1) is 16.8 Å². The van der Waals surface area contributed by atoms with Gasteiger partial charge in [-0.15, -0.1) is 0 Å². The van der Waals surface area contributed by atoms with Crippen LogP contribution in [0.1, 0.15) is 28.8 Å². The van der Waals surface area contributed by atoms with E-state index in [9.17, 15) is 18.0 Å². The number of halogens is 3. The van der Waals surface area contributed by atoms with Gasteiger partial charge in [0.25, 0.3) is 5.91 Å². The van der Waals surface area contributed by atoms with E-state index >= 15 is 0 Å². The maximum Gasteiger partial charge on any atom is 0.418 e. The summed E-state index contributed by atoms with van der Waals surface area (Å²) in [4.78, 5) is 13.8. The Morgan fingerprint density at radius 3 is 2.52 bits per heavy atom. The maximum absolute atomic E-state index is 12.8. The van der Waals surface area contributed by atoms with Gasteiger partial charge in [-0.25, -0.2) is 0 Å². The fourth-order valence-corrected chi connectivity index (χ4v) is 2.43. The Kier molecular flexibility index (Phi) is 4.41. The first-order valence-electron chi connectivity index (χ1n) is 6.63. The van der Waals surface area contributed by atoms with Crippen LogP contribution in [0, 0.1) is 0 Å². The van der Waals surface area contributed by atoms with Crippen molar-refractivity contribution in [3.05, 3.63) is 29.3 Å². The molecule has 21 heavy (non-hydrogen) atoms. The molecular weight excluding hydrogens is 285 g/mol. The van der Waals surface area contributed by atoms with E-state index in [-0.39, 0.29) is 11.6 Å². The number of hydrogen-bond donors (Lipinski definition) is 1. The van der Waals surface area contributed by atoms with Crippen LogP contribution in [-0.2, 0) is 10.9 Å². The lowest BCUT2D eigenvalue weighted by Crippen LogP contribution is -2.41. The monoisotopic (exact) mass is 302 g/mol. The van der Waals surface area contributed by atoms with Crippen molar-refractivity contribution in [1.29, 1.82) is 0 Å². The van der Waals surface area contributed by atoms with Crippen LogP contribution in [-0.4, -0.2) is 37.1 Å². The summed E-state index contributed by atoms with van der Waals surface area (Å²) in [5.41, 5.74) is 3.94. The molecule has 7 heteroatoms. The van der Waals surface area contributed by atoms with Crippen LogP contribution in [0.15, 0.2) is 18.2 Å². The van der Waals surface area contributed by atoms with Gasteiger partial charge in [0.1, 0.15) is 0 Å². The third-order valence-corrected chi connectivity index (χ3v) is 3.70. The van der Waals surface area contributed by atoms with Gasteiger partial charge in [0.2, 0.25) is 0 Å². The second-order valence-electron chi connectivity index (χ2n) is 5.02. The van der Waals surface area contributed by atoms with Crippen molar-refractivity contribution >= 4 is 11.6 Å². The molecule has 116 valence electrons. The summed E-state index contributed by atoms with van der Waals surface area (Å²) < 4.78 is 43.7. The predicted octanol–water partition coefficient (Wildman–Crippen LogP) is 2.54. The molecule has 0 unspecified atom stereocenters. The number of amides is 1. The molecule has 0 aliphatic carbocycles. The molecule has 0 radical (unpaired) electrons. The Morgan fingerprint density at radius 2 is 1.95 bits per heavy atom. The van der Waals surface area contributed by atoms with E-state index in [1.165, 1.54) is 17.0 Å². The van der Waals surface area contributed by atoms with Gasteiger partial charge in [0, 0.05) is 26.3 Å². The molecule has 0 spiro atoms. The van der Waals surface area contributed by atoms with Crippen molar-refractivity contribution < 1.29 is 22.7 Å². The predicted molar refractivity (Wildman–Crippen MR) is 71.8 cm³/mol. The van der Waals surface area contributed by atoms with Crippen LogP contribution in [0.2, 0.25) is 0 Å². The number of nitrogens with zero attached hydrogens (tertiary/aromatic N) is 1. The van der Waals surface area contributed by atoms with Crippen LogP contribution >= 0.6 is 0 Å². The Hall–Kier alpha value is -1.76. The number of alkyl halides is 3. The normalized spacial score (nSPS) is 16.8. The zero-order valence-electron chi connectivity index (χ0n) is 11.6. The van der Waals surface area contributed by atoms with E-state index in [1.807, 2.05) is 0 Å². The largest absolute Gasteiger partial charge is 0.418 e. The van der Waals surface area contributed by atoms with Crippen molar-refractivity contribution in [2.24, 2.45) is 0 Å². The van der Waals surface area contributed by atoms with Crippen molar-refractivity contribution in [3.63, 3.8) is 0 Å². The summed E-state index contributed by atoms with van der Waals surface area (Å²) in [5.74, 6) is -0.495. The van der Waals surface area contributed by atoms with Crippen LogP contribution in [0.25, 0.3) is 0 Å². The second-order valence-corrected chi connectivity index (χ2v) is 5.02. The van der Waals surface area contributed by atoms with Crippen LogP contribution in [0.4, 0.5) is 18.9 Å². The van der Waals surface area contributed by atoms with Gasteiger partial charge in [-0.05, 0) is 25.0 Å². The van der Waals surface area contributed by atoms with Crippen molar-refractivity contribution in [2.75, 3.05) is 26.0 Å². The highest BCUT2D eigenvalue weighted by molar-refractivity contribution is 5.99. The molecular formula is C14H17F3N2O2. The number of nitrogens with two attached hydrogens (primary N) is 1. The molecule has 0 saturated carbocycles. The first kappa shape index (κ1) is 15.6. The van der Waals surface area contributed by atoms with Gasteiger partial charge in [-0.2, -0.15) is 13.2 Å². The minimum Gasteiger partial charge on any atom is -0.398 e. The Balaban J connectivity index is 2.27. The number of carbonyl (C=O) groups excluding carboxylic acids is 1. The lowest BCUT2D eigenvalue weighted by atomic mass is 10.0. The van der Waals surface area contributed by atoms with E-state index in [1.54, 1.807) is 7.05 Å². The zero-order valence-corrected chi connectivity index (χ0v) is 11.6. The number of rotatable bonds is 2. The van der Waals surface area contributed by atoms with E-state index < -0.39 is 23.3 Å². The maximum atomic E-state index is 12.8. The molecule has 4 nitrogen and oxygen atoms in total. The fourth-order valence-electron chi connectivity index (χ4n) is 2.43. The summed E-state index contributed by atoms with van der Waals surface area (Å²) in [6.45, 7) is 1.08. The zero-order chi connectivity index (χ0) is 15.6. The van der Waals surface area contributed by atoms with Gasteiger partial charge in [0.15, 0.2) is 0 Å². The molecule has 1 saturated heterocycles. The van der Waals surface area contributed by atoms with Gasteiger partial charge >= 0.3 is 6.18 Å². The van der Waals surface area contributed by atoms with Gasteiger partial charge in [-0.3, -0.25) is 4.79 Å². The molecule has 2 N–H and O–H groups in total. The Morgan fingerprint density at radius 1 is 1.33 bits per heavy atom. The molecule has 1 aromatic carbocycles. The fraction of sp³-hybridized carbons (Fsp3) is 0.500. The minimum absolute atomic E-state index is 0.0415. The molecule has 1 fully saturated rings. The molecule has 0 atom stereocenters. The summed E-state index contributed by atoms with van der Waals surface area (Å²) >= 11 is 0. The van der Waals surface area contributed by atoms with Gasteiger partial charge < -0.3 is 15.4 Å². The highest BCUT2D eigenvalue weighted by atomic mass is 19.4. The highest BCUT2D eigenvalue weighted by Crippen LogP contribution is 2.35. The number of carbonyl (C=O) groups is 1. The molecule has 2 rings (SSSR count). The summed E-state index contributed by atoms with van der Waals surface area (Å²) in [6.07, 6.45) is -3.24. The molecule has 0 bridgehead atoms. The SMILES string of the molecule is CN(C(=O)c1cccc(C(F)(F)F)c1N)C1CCOCC1. The number of anilines is 1. The minimum atomic E-state index is -4.57. The third kappa shape index (κ3) is 3.29.